The van der Waals surface area contributed by atoms with E-state index in [1.54, 1.807) is 0 Å². The summed E-state index contributed by atoms with van der Waals surface area (Å²) in [5.74, 6) is -1.12. The van der Waals surface area contributed by atoms with E-state index in [-0.39, 0.29) is 18.6 Å². The molecule has 1 fully saturated rings. The molecule has 0 bridgehead atoms. The van der Waals surface area contributed by atoms with Gasteiger partial charge in [0.1, 0.15) is 6.61 Å². The van der Waals surface area contributed by atoms with Gasteiger partial charge in [-0.3, -0.25) is 4.79 Å². The summed E-state index contributed by atoms with van der Waals surface area (Å²) in [7, 11) is 0. The van der Waals surface area contributed by atoms with Crippen LogP contribution in [0.15, 0.2) is 12.7 Å². The van der Waals surface area contributed by atoms with Gasteiger partial charge in [0.2, 0.25) is 0 Å². The van der Waals surface area contributed by atoms with Gasteiger partial charge in [0.05, 0.1) is 5.92 Å². The number of hydrogen-bond acceptors (Lipinski definition) is 3. The molecule has 1 aliphatic rings. The first kappa shape index (κ1) is 10.6. The van der Waals surface area contributed by atoms with Crippen LogP contribution >= 0.6 is 0 Å². The number of carbonyl (C=O) groups is 2. The average Bonchev–Trinajstić information content (AvgIpc) is 2.06. The number of ether oxygens (including phenoxy) is 1. The van der Waals surface area contributed by atoms with Crippen LogP contribution < -0.4 is 5.32 Å². The second kappa shape index (κ2) is 4.64. The van der Waals surface area contributed by atoms with Gasteiger partial charge in [0.15, 0.2) is 0 Å². The van der Waals surface area contributed by atoms with E-state index >= 15 is 0 Å². The Hall–Kier alpha value is -1.52. The van der Waals surface area contributed by atoms with E-state index in [1.165, 1.54) is 6.08 Å². The number of hydrogen-bond donors (Lipinski definition) is 2. The van der Waals surface area contributed by atoms with Crippen molar-refractivity contribution >= 4 is 12.1 Å². The van der Waals surface area contributed by atoms with E-state index in [0.29, 0.717) is 12.8 Å². The van der Waals surface area contributed by atoms with Crippen LogP contribution in [0, 0.1) is 5.92 Å². The Balaban J connectivity index is 2.13. The molecule has 0 radical (unpaired) electrons. The molecule has 0 aromatic rings. The Morgan fingerprint density at radius 3 is 2.71 bits per heavy atom. The maximum atomic E-state index is 11.0. The van der Waals surface area contributed by atoms with Gasteiger partial charge in [-0.2, -0.15) is 0 Å². The predicted molar refractivity (Wildman–Crippen MR) is 48.8 cm³/mol. The highest BCUT2D eigenvalue weighted by Crippen LogP contribution is 2.27. The van der Waals surface area contributed by atoms with Gasteiger partial charge in [-0.15, -0.1) is 0 Å². The number of carboxylic acids is 1. The Morgan fingerprint density at radius 1 is 1.57 bits per heavy atom. The van der Waals surface area contributed by atoms with E-state index in [2.05, 4.69) is 16.6 Å². The van der Waals surface area contributed by atoms with Crippen LogP contribution in [0.3, 0.4) is 0 Å². The zero-order valence-electron chi connectivity index (χ0n) is 7.73. The molecular formula is C9H13NO4. The molecule has 0 saturated heterocycles. The van der Waals surface area contributed by atoms with Gasteiger partial charge < -0.3 is 15.2 Å². The van der Waals surface area contributed by atoms with Crippen molar-refractivity contribution in [1.82, 2.24) is 5.32 Å². The largest absolute Gasteiger partial charge is 0.481 e. The SMILES string of the molecule is C=CCOC(=O)NC1CC(C(=O)O)C1. The normalized spacial score (nSPS) is 24.6. The minimum absolute atomic E-state index is 0.0617. The van der Waals surface area contributed by atoms with Crippen LogP contribution in [0.4, 0.5) is 4.79 Å². The fourth-order valence-corrected chi connectivity index (χ4v) is 1.28. The molecule has 2 N–H and O–H groups in total. The van der Waals surface area contributed by atoms with Crippen LogP contribution in [0.5, 0.6) is 0 Å². The molecule has 1 aliphatic carbocycles. The topological polar surface area (TPSA) is 75.6 Å². The molecule has 0 aromatic carbocycles. The summed E-state index contributed by atoms with van der Waals surface area (Å²) in [5.41, 5.74) is 0. The quantitative estimate of drug-likeness (QED) is 0.655. The molecule has 0 aliphatic heterocycles. The molecule has 0 heterocycles. The van der Waals surface area contributed by atoms with Crippen LogP contribution in [0.1, 0.15) is 12.8 Å². The van der Waals surface area contributed by atoms with Crippen LogP contribution in [0.2, 0.25) is 0 Å². The smallest absolute Gasteiger partial charge is 0.407 e. The second-order valence-electron chi connectivity index (χ2n) is 3.23. The van der Waals surface area contributed by atoms with Crippen molar-refractivity contribution < 1.29 is 19.4 Å². The van der Waals surface area contributed by atoms with Gasteiger partial charge in [-0.1, -0.05) is 12.7 Å². The number of aliphatic carboxylic acids is 1. The van der Waals surface area contributed by atoms with E-state index in [1.807, 2.05) is 0 Å². The number of nitrogens with one attached hydrogen (secondary N) is 1. The maximum Gasteiger partial charge on any atom is 0.407 e. The molecular weight excluding hydrogens is 186 g/mol. The van der Waals surface area contributed by atoms with E-state index in [0.717, 1.165) is 0 Å². The zero-order chi connectivity index (χ0) is 10.6. The lowest BCUT2D eigenvalue weighted by Crippen LogP contribution is -2.46. The van der Waals surface area contributed by atoms with E-state index in [9.17, 15) is 9.59 Å². The maximum absolute atomic E-state index is 11.0. The summed E-state index contributed by atoms with van der Waals surface area (Å²) >= 11 is 0. The Morgan fingerprint density at radius 2 is 2.21 bits per heavy atom. The fraction of sp³-hybridized carbons (Fsp3) is 0.556. The lowest BCUT2D eigenvalue weighted by molar-refractivity contribution is -0.145. The van der Waals surface area contributed by atoms with Crippen molar-refractivity contribution in [3.05, 3.63) is 12.7 Å². The predicted octanol–water partition coefficient (Wildman–Crippen LogP) is 0.762. The summed E-state index contributed by atoms with van der Waals surface area (Å²) < 4.78 is 4.68. The van der Waals surface area contributed by atoms with Crippen molar-refractivity contribution in [2.45, 2.75) is 18.9 Å². The Kier molecular flexibility index (Phi) is 3.50. The van der Waals surface area contributed by atoms with Crippen LogP contribution in [-0.2, 0) is 9.53 Å². The van der Waals surface area contributed by atoms with Crippen LogP contribution in [0.25, 0.3) is 0 Å². The van der Waals surface area contributed by atoms with Crippen molar-refractivity contribution in [2.24, 2.45) is 5.92 Å². The van der Waals surface area contributed by atoms with Gasteiger partial charge in [0, 0.05) is 6.04 Å². The standard InChI is InChI=1S/C9H13NO4/c1-2-3-14-9(13)10-7-4-6(5-7)8(11)12/h2,6-7H,1,3-5H2,(H,10,13)(H,11,12). The molecule has 1 saturated carbocycles. The third-order valence-electron chi connectivity index (χ3n) is 2.14. The third kappa shape index (κ3) is 2.76. The molecule has 14 heavy (non-hydrogen) atoms. The lowest BCUT2D eigenvalue weighted by Gasteiger charge is -2.32. The summed E-state index contributed by atoms with van der Waals surface area (Å²) in [4.78, 5) is 21.4. The Labute approximate surface area is 81.7 Å². The fourth-order valence-electron chi connectivity index (χ4n) is 1.28. The number of rotatable bonds is 4. The van der Waals surface area contributed by atoms with Crippen LogP contribution in [-0.4, -0.2) is 29.8 Å². The Bertz CT molecular complexity index is 245. The number of amides is 1. The minimum atomic E-state index is -0.803. The van der Waals surface area contributed by atoms with Crippen molar-refractivity contribution in [3.8, 4) is 0 Å². The number of alkyl carbamates (subject to hydrolysis) is 1. The molecule has 1 amide bonds. The lowest BCUT2D eigenvalue weighted by atomic mass is 9.80. The summed E-state index contributed by atoms with van der Waals surface area (Å²) in [6.07, 6.45) is 1.93. The highest BCUT2D eigenvalue weighted by molar-refractivity contribution is 5.72. The van der Waals surface area contributed by atoms with E-state index < -0.39 is 12.1 Å². The third-order valence-corrected chi connectivity index (χ3v) is 2.14. The summed E-state index contributed by atoms with van der Waals surface area (Å²) in [5, 5.41) is 11.1. The van der Waals surface area contributed by atoms with Gasteiger partial charge >= 0.3 is 12.1 Å². The second-order valence-corrected chi connectivity index (χ2v) is 3.23. The number of carboxylic acid groups (broad SMARTS) is 1. The first-order valence-electron chi connectivity index (χ1n) is 4.40. The molecule has 0 unspecified atom stereocenters. The van der Waals surface area contributed by atoms with Crippen molar-refractivity contribution in [3.63, 3.8) is 0 Å². The average molecular weight is 199 g/mol. The molecule has 5 nitrogen and oxygen atoms in total. The van der Waals surface area contributed by atoms with Gasteiger partial charge in [-0.25, -0.2) is 4.79 Å². The van der Waals surface area contributed by atoms with Crippen molar-refractivity contribution in [1.29, 1.82) is 0 Å². The summed E-state index contributed by atoms with van der Waals surface area (Å²) in [6.45, 7) is 3.57. The van der Waals surface area contributed by atoms with E-state index in [4.69, 9.17) is 5.11 Å². The monoisotopic (exact) mass is 199 g/mol. The van der Waals surface area contributed by atoms with Gasteiger partial charge in [-0.05, 0) is 12.8 Å². The summed E-state index contributed by atoms with van der Waals surface area (Å²) in [6, 6.07) is -0.0617. The molecule has 0 spiro atoms. The highest BCUT2D eigenvalue weighted by Gasteiger charge is 2.35. The first-order chi connectivity index (χ1) is 6.63. The van der Waals surface area contributed by atoms with Gasteiger partial charge in [0.25, 0.3) is 0 Å². The highest BCUT2D eigenvalue weighted by atomic mass is 16.5. The molecule has 0 aromatic heterocycles. The molecule has 5 heteroatoms. The molecule has 78 valence electrons. The zero-order valence-corrected chi connectivity index (χ0v) is 7.73. The first-order valence-corrected chi connectivity index (χ1v) is 4.40. The minimum Gasteiger partial charge on any atom is -0.481 e. The number of carbonyl (C=O) groups excluding carboxylic acids is 1. The molecule has 1 rings (SSSR count). The molecule has 0 atom stereocenters. The van der Waals surface area contributed by atoms with Crippen molar-refractivity contribution in [2.75, 3.05) is 6.61 Å².